The van der Waals surface area contributed by atoms with E-state index in [0.29, 0.717) is 0 Å². The first-order valence-corrected chi connectivity index (χ1v) is 15.3. The summed E-state index contributed by atoms with van der Waals surface area (Å²) in [6.07, 6.45) is 0. The lowest BCUT2D eigenvalue weighted by Crippen LogP contribution is -2.11. The number of pyridine rings is 1. The second-order valence-electron chi connectivity index (χ2n) is 11.7. The van der Waals surface area contributed by atoms with Gasteiger partial charge in [0.15, 0.2) is 0 Å². The maximum atomic E-state index is 5.20. The number of nitrogens with one attached hydrogen (secondary N) is 1. The number of benzene rings is 6. The Kier molecular flexibility index (Phi) is 6.34. The molecule has 0 spiro atoms. The molecule has 1 unspecified atom stereocenters. The fraction of sp³-hybridized carbons (Fsp3) is 0.0714. The molecule has 1 atom stereocenters. The summed E-state index contributed by atoms with van der Waals surface area (Å²) in [6, 6.07) is 52.2. The van der Waals surface area contributed by atoms with Crippen LogP contribution in [0.5, 0.6) is 0 Å². The van der Waals surface area contributed by atoms with Crippen LogP contribution >= 0.6 is 0 Å². The van der Waals surface area contributed by atoms with Crippen LogP contribution in [0.25, 0.3) is 55.5 Å². The van der Waals surface area contributed by atoms with Gasteiger partial charge in [-0.25, -0.2) is 4.98 Å². The largest absolute Gasteiger partial charge is 0.355 e. The summed E-state index contributed by atoms with van der Waals surface area (Å²) in [7, 11) is 0. The molecule has 1 aliphatic rings. The molecule has 6 aromatic carbocycles. The molecule has 8 rings (SSSR count). The van der Waals surface area contributed by atoms with Crippen LogP contribution in [0.15, 0.2) is 146 Å². The van der Waals surface area contributed by atoms with E-state index < -0.39 is 0 Å². The van der Waals surface area contributed by atoms with Crippen LogP contribution in [0.1, 0.15) is 29.5 Å². The van der Waals surface area contributed by atoms with Crippen molar-refractivity contribution in [1.82, 2.24) is 4.98 Å². The van der Waals surface area contributed by atoms with Gasteiger partial charge in [0.05, 0.1) is 17.1 Å². The van der Waals surface area contributed by atoms with Crippen molar-refractivity contribution < 1.29 is 0 Å². The standard InChI is InChI=1S/C42H32N2/c1-27-33-23-21-29-13-9-10-19-35(29)42(33)43-39-24-22-32(25-38(27)39)34-18-11-12-20-36(34)37-26-40(30-14-5-3-6-15-30)44-41(28(37)2)31-16-7-4-8-17-31/h3-27,43H,1-2H3. The van der Waals surface area contributed by atoms with Gasteiger partial charge in [-0.1, -0.05) is 134 Å². The fourth-order valence-corrected chi connectivity index (χ4v) is 6.79. The summed E-state index contributed by atoms with van der Waals surface area (Å²) in [5.41, 5.74) is 15.3. The van der Waals surface area contributed by atoms with E-state index in [1.54, 1.807) is 0 Å². The van der Waals surface area contributed by atoms with Crippen LogP contribution in [0.4, 0.5) is 11.4 Å². The molecule has 7 aromatic rings. The van der Waals surface area contributed by atoms with Crippen LogP contribution in [0.2, 0.25) is 0 Å². The molecule has 2 heterocycles. The lowest BCUT2D eigenvalue weighted by molar-refractivity contribution is 0.915. The third-order valence-electron chi connectivity index (χ3n) is 9.12. The minimum absolute atomic E-state index is 0.273. The van der Waals surface area contributed by atoms with E-state index in [1.165, 1.54) is 61.1 Å². The summed E-state index contributed by atoms with van der Waals surface area (Å²) in [6.45, 7) is 4.53. The van der Waals surface area contributed by atoms with Gasteiger partial charge in [-0.3, -0.25) is 0 Å². The summed E-state index contributed by atoms with van der Waals surface area (Å²) in [4.78, 5) is 5.20. The van der Waals surface area contributed by atoms with Crippen molar-refractivity contribution in [2.24, 2.45) is 0 Å². The van der Waals surface area contributed by atoms with E-state index >= 15 is 0 Å². The summed E-state index contributed by atoms with van der Waals surface area (Å²) in [5.74, 6) is 0.273. The maximum absolute atomic E-state index is 5.20. The lowest BCUT2D eigenvalue weighted by Gasteiger charge is -2.29. The molecule has 0 fully saturated rings. The predicted molar refractivity (Wildman–Crippen MR) is 185 cm³/mol. The van der Waals surface area contributed by atoms with Gasteiger partial charge in [-0.05, 0) is 69.5 Å². The second kappa shape index (κ2) is 10.7. The van der Waals surface area contributed by atoms with Crippen LogP contribution in [0.3, 0.4) is 0 Å². The number of anilines is 2. The van der Waals surface area contributed by atoms with Crippen molar-refractivity contribution in [2.75, 3.05) is 5.32 Å². The van der Waals surface area contributed by atoms with Crippen molar-refractivity contribution in [1.29, 1.82) is 0 Å². The second-order valence-corrected chi connectivity index (χ2v) is 11.7. The molecule has 44 heavy (non-hydrogen) atoms. The molecule has 1 aliphatic heterocycles. The van der Waals surface area contributed by atoms with E-state index in [0.717, 1.165) is 22.5 Å². The SMILES string of the molecule is Cc1c(-c2ccccc2-c2ccc3c(c2)C(C)c2ccc4ccccc4c2N3)cc(-c2ccccc2)nc1-c1ccccc1. The third kappa shape index (κ3) is 4.39. The van der Waals surface area contributed by atoms with Crippen LogP contribution < -0.4 is 5.32 Å². The molecule has 0 saturated carbocycles. The minimum Gasteiger partial charge on any atom is -0.355 e. The topological polar surface area (TPSA) is 24.9 Å². The molecule has 1 aromatic heterocycles. The smallest absolute Gasteiger partial charge is 0.0744 e. The maximum Gasteiger partial charge on any atom is 0.0744 e. The molecule has 0 bridgehead atoms. The monoisotopic (exact) mass is 564 g/mol. The Bertz CT molecular complexity index is 2160. The molecule has 0 amide bonds. The van der Waals surface area contributed by atoms with Crippen LogP contribution in [-0.2, 0) is 0 Å². The number of hydrogen-bond donors (Lipinski definition) is 1. The van der Waals surface area contributed by atoms with Crippen LogP contribution in [0, 0.1) is 6.92 Å². The van der Waals surface area contributed by atoms with Gasteiger partial charge in [-0.2, -0.15) is 0 Å². The van der Waals surface area contributed by atoms with E-state index in [9.17, 15) is 0 Å². The van der Waals surface area contributed by atoms with Gasteiger partial charge < -0.3 is 5.32 Å². The Morgan fingerprint density at radius 1 is 0.545 bits per heavy atom. The molecule has 0 radical (unpaired) electrons. The minimum atomic E-state index is 0.273. The highest BCUT2D eigenvalue weighted by molar-refractivity contribution is 5.99. The van der Waals surface area contributed by atoms with Crippen molar-refractivity contribution in [3.63, 3.8) is 0 Å². The number of rotatable bonds is 4. The first kappa shape index (κ1) is 26.2. The molecular formula is C42H32N2. The Hall–Kier alpha value is -5.47. The Morgan fingerprint density at radius 3 is 2.02 bits per heavy atom. The molecule has 1 N–H and O–H groups in total. The van der Waals surface area contributed by atoms with E-state index in [1.807, 2.05) is 0 Å². The normalized spacial score (nSPS) is 13.6. The zero-order valence-electron chi connectivity index (χ0n) is 24.9. The molecule has 2 heteroatoms. The fourth-order valence-electron chi connectivity index (χ4n) is 6.79. The number of fused-ring (bicyclic) bond motifs is 4. The lowest BCUT2D eigenvalue weighted by atomic mass is 9.83. The highest BCUT2D eigenvalue weighted by atomic mass is 14.9. The Labute approximate surface area is 258 Å². The zero-order valence-corrected chi connectivity index (χ0v) is 24.9. The van der Waals surface area contributed by atoms with Gasteiger partial charge >= 0.3 is 0 Å². The summed E-state index contributed by atoms with van der Waals surface area (Å²) < 4.78 is 0. The number of hydrogen-bond acceptors (Lipinski definition) is 2. The molecule has 0 saturated heterocycles. The highest BCUT2D eigenvalue weighted by Crippen LogP contribution is 2.46. The Balaban J connectivity index is 1.28. The quantitative estimate of drug-likeness (QED) is 0.230. The van der Waals surface area contributed by atoms with Crippen molar-refractivity contribution >= 4 is 22.1 Å². The van der Waals surface area contributed by atoms with E-state index in [2.05, 4.69) is 165 Å². The Morgan fingerprint density at radius 2 is 1.23 bits per heavy atom. The van der Waals surface area contributed by atoms with Gasteiger partial charge in [0.2, 0.25) is 0 Å². The third-order valence-corrected chi connectivity index (χ3v) is 9.12. The average molecular weight is 565 g/mol. The average Bonchev–Trinajstić information content (AvgIpc) is 3.09. The van der Waals surface area contributed by atoms with Crippen molar-refractivity contribution in [3.8, 4) is 44.8 Å². The van der Waals surface area contributed by atoms with Crippen molar-refractivity contribution in [2.45, 2.75) is 19.8 Å². The first-order chi connectivity index (χ1) is 21.7. The highest BCUT2D eigenvalue weighted by Gasteiger charge is 2.25. The number of aromatic nitrogens is 1. The van der Waals surface area contributed by atoms with Crippen LogP contribution in [-0.4, -0.2) is 4.98 Å². The van der Waals surface area contributed by atoms with Gasteiger partial charge in [0.1, 0.15) is 0 Å². The first-order valence-electron chi connectivity index (χ1n) is 15.3. The summed E-state index contributed by atoms with van der Waals surface area (Å²) >= 11 is 0. The van der Waals surface area contributed by atoms with Crippen molar-refractivity contribution in [3.05, 3.63) is 162 Å². The molecule has 210 valence electrons. The number of nitrogens with zero attached hydrogens (tertiary/aromatic N) is 1. The predicted octanol–water partition coefficient (Wildman–Crippen LogP) is 11.4. The van der Waals surface area contributed by atoms with E-state index in [-0.39, 0.29) is 5.92 Å². The van der Waals surface area contributed by atoms with Gasteiger partial charge in [0, 0.05) is 28.1 Å². The van der Waals surface area contributed by atoms with Gasteiger partial charge in [0.25, 0.3) is 0 Å². The van der Waals surface area contributed by atoms with E-state index in [4.69, 9.17) is 4.98 Å². The molecular weight excluding hydrogens is 532 g/mol. The molecule has 2 nitrogen and oxygen atoms in total. The zero-order chi connectivity index (χ0) is 29.6. The van der Waals surface area contributed by atoms with Gasteiger partial charge in [-0.15, -0.1) is 0 Å². The molecule has 0 aliphatic carbocycles. The summed E-state index contributed by atoms with van der Waals surface area (Å²) in [5, 5.41) is 6.32.